The van der Waals surface area contributed by atoms with Crippen molar-refractivity contribution < 1.29 is 4.79 Å². The molecule has 1 aliphatic carbocycles. The predicted octanol–water partition coefficient (Wildman–Crippen LogP) is 2.63. The molecule has 1 amide bonds. The number of carbonyl (C=O) groups excluding carboxylic acids is 1. The van der Waals surface area contributed by atoms with E-state index in [1.54, 1.807) is 0 Å². The van der Waals surface area contributed by atoms with E-state index in [0.29, 0.717) is 11.7 Å². The molecule has 2 aliphatic rings. The first-order chi connectivity index (χ1) is 10.3. The molecule has 0 unspecified atom stereocenters. The van der Waals surface area contributed by atoms with Gasteiger partial charge in [0.05, 0.1) is 0 Å². The van der Waals surface area contributed by atoms with Crippen molar-refractivity contribution in [2.75, 3.05) is 12.3 Å². The van der Waals surface area contributed by atoms with Gasteiger partial charge in [0, 0.05) is 25.0 Å². The smallest absolute Gasteiger partial charge is 0.276 e. The van der Waals surface area contributed by atoms with E-state index in [9.17, 15) is 4.79 Å². The fourth-order valence-corrected chi connectivity index (χ4v) is 3.81. The summed E-state index contributed by atoms with van der Waals surface area (Å²) in [6, 6.07) is 0.363. The fourth-order valence-electron chi connectivity index (χ4n) is 3.81. The minimum absolute atomic E-state index is 0.0427. The van der Waals surface area contributed by atoms with E-state index >= 15 is 0 Å². The molecule has 5 heteroatoms. The van der Waals surface area contributed by atoms with E-state index in [1.807, 2.05) is 4.90 Å². The van der Waals surface area contributed by atoms with Crippen LogP contribution in [0.25, 0.3) is 0 Å². The Bertz CT molecular complexity index is 499. The van der Waals surface area contributed by atoms with Gasteiger partial charge < -0.3 is 10.6 Å². The third kappa shape index (κ3) is 3.17. The summed E-state index contributed by atoms with van der Waals surface area (Å²) in [5.41, 5.74) is 6.11. The standard InChI is InChI=1S/C16H24N4O/c17-15-14(18-8-9-19-15)16(21)20-10-4-7-13(20)11-12-5-2-1-3-6-12/h8-9,12-13H,1-7,10-11H2,(H2,17,19)/t13-/m0/s1. The van der Waals surface area contributed by atoms with Crippen molar-refractivity contribution in [3.8, 4) is 0 Å². The maximum atomic E-state index is 12.7. The van der Waals surface area contributed by atoms with E-state index in [-0.39, 0.29) is 11.7 Å². The third-order valence-electron chi connectivity index (χ3n) is 4.90. The van der Waals surface area contributed by atoms with Gasteiger partial charge in [0.25, 0.3) is 5.91 Å². The lowest BCUT2D eigenvalue weighted by Crippen LogP contribution is -2.37. The Kier molecular flexibility index (Phi) is 4.36. The zero-order valence-corrected chi connectivity index (χ0v) is 12.5. The maximum Gasteiger partial charge on any atom is 0.276 e. The van der Waals surface area contributed by atoms with Crippen LogP contribution in [0.15, 0.2) is 12.4 Å². The zero-order chi connectivity index (χ0) is 14.7. The maximum absolute atomic E-state index is 12.7. The SMILES string of the molecule is Nc1nccnc1C(=O)N1CCC[C@H]1CC1CCCCC1. The largest absolute Gasteiger partial charge is 0.382 e. The van der Waals surface area contributed by atoms with Crippen molar-refractivity contribution >= 4 is 11.7 Å². The van der Waals surface area contributed by atoms with Crippen LogP contribution >= 0.6 is 0 Å². The number of nitrogen functional groups attached to an aromatic ring is 1. The minimum atomic E-state index is -0.0427. The first-order valence-electron chi connectivity index (χ1n) is 8.13. The highest BCUT2D eigenvalue weighted by molar-refractivity contribution is 5.96. The zero-order valence-electron chi connectivity index (χ0n) is 12.5. The number of rotatable bonds is 3. The van der Waals surface area contributed by atoms with Gasteiger partial charge in [-0.05, 0) is 25.2 Å². The van der Waals surface area contributed by atoms with Gasteiger partial charge in [0.15, 0.2) is 11.5 Å². The Morgan fingerprint density at radius 1 is 1.14 bits per heavy atom. The fraction of sp³-hybridized carbons (Fsp3) is 0.688. The molecular formula is C16H24N4O. The summed E-state index contributed by atoms with van der Waals surface area (Å²) in [5, 5.41) is 0. The normalized spacial score (nSPS) is 23.4. The Balaban J connectivity index is 1.68. The van der Waals surface area contributed by atoms with Crippen LogP contribution in [0.4, 0.5) is 5.82 Å². The van der Waals surface area contributed by atoms with Crippen LogP contribution in [0.3, 0.4) is 0 Å². The second kappa shape index (κ2) is 6.41. The molecule has 2 fully saturated rings. The summed E-state index contributed by atoms with van der Waals surface area (Å²) >= 11 is 0. The van der Waals surface area contributed by atoms with Crippen LogP contribution < -0.4 is 5.73 Å². The van der Waals surface area contributed by atoms with Crippen LogP contribution in [0.5, 0.6) is 0 Å². The van der Waals surface area contributed by atoms with Gasteiger partial charge in [-0.1, -0.05) is 32.1 Å². The Morgan fingerprint density at radius 2 is 1.90 bits per heavy atom. The van der Waals surface area contributed by atoms with Crippen molar-refractivity contribution in [2.24, 2.45) is 5.92 Å². The molecule has 0 spiro atoms. The number of nitrogens with zero attached hydrogens (tertiary/aromatic N) is 3. The van der Waals surface area contributed by atoms with Gasteiger partial charge in [-0.3, -0.25) is 4.79 Å². The van der Waals surface area contributed by atoms with Crippen molar-refractivity contribution in [3.05, 3.63) is 18.1 Å². The molecule has 1 saturated carbocycles. The highest BCUT2D eigenvalue weighted by Gasteiger charge is 2.33. The quantitative estimate of drug-likeness (QED) is 0.928. The molecule has 1 aliphatic heterocycles. The molecule has 21 heavy (non-hydrogen) atoms. The summed E-state index contributed by atoms with van der Waals surface area (Å²) in [6.07, 6.45) is 13.1. The van der Waals surface area contributed by atoms with Gasteiger partial charge in [-0.25, -0.2) is 9.97 Å². The number of carbonyl (C=O) groups is 1. The summed E-state index contributed by atoms with van der Waals surface area (Å²) in [4.78, 5) is 22.7. The Labute approximate surface area is 125 Å². The number of anilines is 1. The molecule has 5 nitrogen and oxygen atoms in total. The lowest BCUT2D eigenvalue weighted by atomic mass is 9.84. The summed E-state index contributed by atoms with van der Waals surface area (Å²) in [7, 11) is 0. The number of likely N-dealkylation sites (tertiary alicyclic amines) is 1. The molecule has 1 aromatic heterocycles. The van der Waals surface area contributed by atoms with E-state index < -0.39 is 0 Å². The average molecular weight is 288 g/mol. The van der Waals surface area contributed by atoms with Crippen LogP contribution in [0.1, 0.15) is 61.9 Å². The highest BCUT2D eigenvalue weighted by atomic mass is 16.2. The summed E-state index contributed by atoms with van der Waals surface area (Å²) < 4.78 is 0. The van der Waals surface area contributed by atoms with Crippen LogP contribution in [0, 0.1) is 5.92 Å². The van der Waals surface area contributed by atoms with Crippen molar-refractivity contribution in [2.45, 2.75) is 57.4 Å². The average Bonchev–Trinajstić information content (AvgIpc) is 2.96. The number of aromatic nitrogens is 2. The number of amides is 1. The molecule has 0 radical (unpaired) electrons. The van der Waals surface area contributed by atoms with E-state index in [2.05, 4.69) is 9.97 Å². The molecular weight excluding hydrogens is 264 g/mol. The second-order valence-corrected chi connectivity index (χ2v) is 6.32. The van der Waals surface area contributed by atoms with Gasteiger partial charge in [-0.2, -0.15) is 0 Å². The Morgan fingerprint density at radius 3 is 2.67 bits per heavy atom. The lowest BCUT2D eigenvalue weighted by Gasteiger charge is -2.30. The van der Waals surface area contributed by atoms with E-state index in [4.69, 9.17) is 5.73 Å². The van der Waals surface area contributed by atoms with Gasteiger partial charge >= 0.3 is 0 Å². The van der Waals surface area contributed by atoms with Crippen molar-refractivity contribution in [1.82, 2.24) is 14.9 Å². The molecule has 2 heterocycles. The van der Waals surface area contributed by atoms with Gasteiger partial charge in [-0.15, -0.1) is 0 Å². The molecule has 2 N–H and O–H groups in total. The lowest BCUT2D eigenvalue weighted by molar-refractivity contribution is 0.0706. The highest BCUT2D eigenvalue weighted by Crippen LogP contribution is 2.32. The topological polar surface area (TPSA) is 72.1 Å². The predicted molar refractivity (Wildman–Crippen MR) is 81.7 cm³/mol. The van der Waals surface area contributed by atoms with Crippen LogP contribution in [0.2, 0.25) is 0 Å². The molecule has 3 rings (SSSR count). The number of nitrogens with two attached hydrogens (primary N) is 1. The second-order valence-electron chi connectivity index (χ2n) is 6.32. The molecule has 0 aromatic carbocycles. The van der Waals surface area contributed by atoms with E-state index in [0.717, 1.165) is 31.7 Å². The summed E-state index contributed by atoms with van der Waals surface area (Å²) in [5.74, 6) is 0.987. The van der Waals surface area contributed by atoms with Gasteiger partial charge in [0.1, 0.15) is 0 Å². The van der Waals surface area contributed by atoms with Gasteiger partial charge in [0.2, 0.25) is 0 Å². The third-order valence-corrected chi connectivity index (χ3v) is 4.90. The molecule has 0 bridgehead atoms. The monoisotopic (exact) mass is 288 g/mol. The molecule has 1 aromatic rings. The minimum Gasteiger partial charge on any atom is -0.382 e. The molecule has 1 saturated heterocycles. The summed E-state index contributed by atoms with van der Waals surface area (Å²) in [6.45, 7) is 0.826. The van der Waals surface area contributed by atoms with Crippen molar-refractivity contribution in [3.63, 3.8) is 0 Å². The van der Waals surface area contributed by atoms with Crippen molar-refractivity contribution in [1.29, 1.82) is 0 Å². The number of hydrogen-bond acceptors (Lipinski definition) is 4. The van der Waals surface area contributed by atoms with Crippen LogP contribution in [-0.4, -0.2) is 33.4 Å². The number of hydrogen-bond donors (Lipinski definition) is 1. The Hall–Kier alpha value is -1.65. The van der Waals surface area contributed by atoms with E-state index in [1.165, 1.54) is 44.5 Å². The molecule has 1 atom stereocenters. The van der Waals surface area contributed by atoms with Crippen LogP contribution in [-0.2, 0) is 0 Å². The molecule has 114 valence electrons. The first kappa shape index (κ1) is 14.3. The first-order valence-corrected chi connectivity index (χ1v) is 8.13.